The normalized spacial score (nSPS) is 20.2. The molecule has 0 atom stereocenters. The molecule has 2 rings (SSSR count). The molecule has 0 radical (unpaired) electrons. The van der Waals surface area contributed by atoms with E-state index in [0.29, 0.717) is 12.1 Å². The van der Waals surface area contributed by atoms with E-state index in [1.807, 2.05) is 59.0 Å². The largest absolute Gasteiger partial charge is 0.491 e. The minimum Gasteiger partial charge on any atom is -0.400 e. The van der Waals surface area contributed by atoms with Crippen LogP contribution in [0.2, 0.25) is 0 Å². The van der Waals surface area contributed by atoms with Crippen molar-refractivity contribution in [2.24, 2.45) is 0 Å². The molecule has 1 aromatic rings. The Kier molecular flexibility index (Phi) is 4.90. The standard InChI is InChI=1S/C17H24BNO3/c1-16(2)17(3,4)22-18(21-16)15(11-19-5)10-13-8-6-7-9-14(13)12-20/h6-10,12,19H,11H2,1-5H3. The quantitative estimate of drug-likeness (QED) is 0.671. The van der Waals surface area contributed by atoms with Crippen molar-refractivity contribution in [3.05, 3.63) is 40.9 Å². The van der Waals surface area contributed by atoms with E-state index in [1.165, 1.54) is 0 Å². The van der Waals surface area contributed by atoms with Crippen LogP contribution >= 0.6 is 0 Å². The maximum absolute atomic E-state index is 11.2. The van der Waals surface area contributed by atoms with Gasteiger partial charge in [-0.3, -0.25) is 4.79 Å². The lowest BCUT2D eigenvalue weighted by atomic mass is 9.76. The highest BCUT2D eigenvalue weighted by Crippen LogP contribution is 2.38. The van der Waals surface area contributed by atoms with Crippen molar-refractivity contribution in [3.8, 4) is 0 Å². The van der Waals surface area contributed by atoms with Crippen molar-refractivity contribution in [2.75, 3.05) is 13.6 Å². The molecule has 1 N–H and O–H groups in total. The average Bonchev–Trinajstić information content (AvgIpc) is 2.67. The van der Waals surface area contributed by atoms with Gasteiger partial charge in [-0.15, -0.1) is 0 Å². The van der Waals surface area contributed by atoms with E-state index < -0.39 is 7.12 Å². The van der Waals surface area contributed by atoms with Crippen molar-refractivity contribution in [2.45, 2.75) is 38.9 Å². The zero-order chi connectivity index (χ0) is 16.4. The van der Waals surface area contributed by atoms with Gasteiger partial charge in [0.1, 0.15) is 0 Å². The molecular weight excluding hydrogens is 277 g/mol. The number of benzene rings is 1. The molecule has 1 saturated heterocycles. The van der Waals surface area contributed by atoms with Crippen LogP contribution in [-0.2, 0) is 9.31 Å². The third kappa shape index (κ3) is 3.32. The van der Waals surface area contributed by atoms with E-state index in [-0.39, 0.29) is 11.2 Å². The lowest BCUT2D eigenvalue weighted by Gasteiger charge is -2.32. The van der Waals surface area contributed by atoms with Crippen LogP contribution in [0.5, 0.6) is 0 Å². The number of hydrogen-bond acceptors (Lipinski definition) is 4. The monoisotopic (exact) mass is 301 g/mol. The molecule has 0 saturated carbocycles. The molecule has 1 aliphatic heterocycles. The van der Waals surface area contributed by atoms with Gasteiger partial charge in [-0.25, -0.2) is 0 Å². The van der Waals surface area contributed by atoms with Gasteiger partial charge in [-0.2, -0.15) is 0 Å². The summed E-state index contributed by atoms with van der Waals surface area (Å²) >= 11 is 0. The van der Waals surface area contributed by atoms with Gasteiger partial charge in [0.05, 0.1) is 11.2 Å². The minimum atomic E-state index is -0.419. The van der Waals surface area contributed by atoms with Crippen molar-refractivity contribution >= 4 is 19.5 Å². The zero-order valence-electron chi connectivity index (χ0n) is 14.0. The summed E-state index contributed by atoms with van der Waals surface area (Å²) in [6.45, 7) is 8.75. The van der Waals surface area contributed by atoms with Crippen molar-refractivity contribution in [1.82, 2.24) is 5.32 Å². The van der Waals surface area contributed by atoms with E-state index in [0.717, 1.165) is 17.3 Å². The molecule has 1 heterocycles. The Bertz CT molecular complexity index is 565. The van der Waals surface area contributed by atoms with E-state index in [1.54, 1.807) is 6.07 Å². The predicted octanol–water partition coefficient (Wildman–Crippen LogP) is 2.73. The fourth-order valence-electron chi connectivity index (χ4n) is 2.35. The Morgan fingerprint density at radius 2 is 1.68 bits per heavy atom. The summed E-state index contributed by atoms with van der Waals surface area (Å²) in [5.41, 5.74) is 1.74. The maximum Gasteiger partial charge on any atom is 0.491 e. The fraction of sp³-hybridized carbons (Fsp3) is 0.471. The highest BCUT2D eigenvalue weighted by atomic mass is 16.7. The SMILES string of the molecule is CNCC(=Cc1ccccc1C=O)B1OC(C)(C)C(C)(C)O1. The van der Waals surface area contributed by atoms with Crippen LogP contribution in [0.3, 0.4) is 0 Å². The van der Waals surface area contributed by atoms with Crippen LogP contribution in [0.1, 0.15) is 43.6 Å². The van der Waals surface area contributed by atoms with Gasteiger partial charge in [0, 0.05) is 12.1 Å². The van der Waals surface area contributed by atoms with Gasteiger partial charge < -0.3 is 14.6 Å². The first-order valence-corrected chi connectivity index (χ1v) is 7.55. The summed E-state index contributed by atoms with van der Waals surface area (Å²) in [5, 5.41) is 3.14. The second kappa shape index (κ2) is 6.36. The second-order valence-corrected chi connectivity index (χ2v) is 6.58. The van der Waals surface area contributed by atoms with Gasteiger partial charge in [0.2, 0.25) is 0 Å². The number of aldehydes is 1. The van der Waals surface area contributed by atoms with E-state index in [2.05, 4.69) is 5.32 Å². The van der Waals surface area contributed by atoms with Gasteiger partial charge in [-0.05, 0) is 45.8 Å². The van der Waals surface area contributed by atoms with Crippen LogP contribution in [-0.4, -0.2) is 38.2 Å². The summed E-state index contributed by atoms with van der Waals surface area (Å²) in [6.07, 6.45) is 2.84. The van der Waals surface area contributed by atoms with Crippen LogP contribution in [0.15, 0.2) is 29.7 Å². The summed E-state index contributed by atoms with van der Waals surface area (Å²) < 4.78 is 12.2. The van der Waals surface area contributed by atoms with E-state index in [4.69, 9.17) is 9.31 Å². The van der Waals surface area contributed by atoms with Gasteiger partial charge in [0.15, 0.2) is 6.29 Å². The lowest BCUT2D eigenvalue weighted by Crippen LogP contribution is -2.41. The first-order valence-electron chi connectivity index (χ1n) is 7.55. The molecule has 0 amide bonds. The highest BCUT2D eigenvalue weighted by Gasteiger charge is 2.52. The van der Waals surface area contributed by atoms with Gasteiger partial charge >= 0.3 is 7.12 Å². The topological polar surface area (TPSA) is 47.6 Å². The number of carbonyl (C=O) groups is 1. The predicted molar refractivity (Wildman–Crippen MR) is 89.8 cm³/mol. The van der Waals surface area contributed by atoms with Crippen LogP contribution in [0, 0.1) is 0 Å². The molecule has 0 unspecified atom stereocenters. The molecule has 4 nitrogen and oxygen atoms in total. The fourth-order valence-corrected chi connectivity index (χ4v) is 2.35. The molecule has 1 aromatic carbocycles. The minimum absolute atomic E-state index is 0.380. The first kappa shape index (κ1) is 16.9. The molecule has 0 spiro atoms. The summed E-state index contributed by atoms with van der Waals surface area (Å²) in [4.78, 5) is 11.2. The van der Waals surface area contributed by atoms with Crippen LogP contribution in [0.25, 0.3) is 6.08 Å². The Hall–Kier alpha value is -1.43. The molecule has 1 aliphatic rings. The molecule has 1 fully saturated rings. The summed E-state index contributed by atoms with van der Waals surface area (Å²) in [6, 6.07) is 7.50. The first-order chi connectivity index (χ1) is 10.3. The number of likely N-dealkylation sites (N-methyl/N-ethyl adjacent to an activating group) is 1. The third-order valence-electron chi connectivity index (χ3n) is 4.40. The van der Waals surface area contributed by atoms with E-state index in [9.17, 15) is 4.79 Å². The Labute approximate surface area is 133 Å². The molecule has 0 bridgehead atoms. The third-order valence-corrected chi connectivity index (χ3v) is 4.40. The Morgan fingerprint density at radius 1 is 1.14 bits per heavy atom. The van der Waals surface area contributed by atoms with Gasteiger partial charge in [0.25, 0.3) is 0 Å². The molecule has 5 heteroatoms. The molecule has 22 heavy (non-hydrogen) atoms. The Balaban J connectivity index is 2.35. The van der Waals surface area contributed by atoms with Crippen LogP contribution in [0.4, 0.5) is 0 Å². The molecular formula is C17H24BNO3. The van der Waals surface area contributed by atoms with Crippen LogP contribution < -0.4 is 5.32 Å². The number of nitrogens with one attached hydrogen (secondary N) is 1. The van der Waals surface area contributed by atoms with Crippen molar-refractivity contribution in [1.29, 1.82) is 0 Å². The Morgan fingerprint density at radius 3 is 2.18 bits per heavy atom. The lowest BCUT2D eigenvalue weighted by molar-refractivity contribution is 0.00578. The smallest absolute Gasteiger partial charge is 0.400 e. The average molecular weight is 301 g/mol. The number of hydrogen-bond donors (Lipinski definition) is 1. The second-order valence-electron chi connectivity index (χ2n) is 6.58. The molecule has 118 valence electrons. The molecule has 0 aliphatic carbocycles. The zero-order valence-corrected chi connectivity index (χ0v) is 14.0. The van der Waals surface area contributed by atoms with Crippen molar-refractivity contribution < 1.29 is 14.1 Å². The number of rotatable bonds is 5. The maximum atomic E-state index is 11.2. The molecule has 0 aromatic heterocycles. The highest BCUT2D eigenvalue weighted by molar-refractivity contribution is 6.56. The van der Waals surface area contributed by atoms with Crippen molar-refractivity contribution in [3.63, 3.8) is 0 Å². The van der Waals surface area contributed by atoms with E-state index >= 15 is 0 Å². The summed E-state index contributed by atoms with van der Waals surface area (Å²) in [7, 11) is 1.46. The number of carbonyl (C=O) groups excluding carboxylic acids is 1. The van der Waals surface area contributed by atoms with Gasteiger partial charge in [-0.1, -0.05) is 30.3 Å². The summed E-state index contributed by atoms with van der Waals surface area (Å²) in [5.74, 6) is 0.